The van der Waals surface area contributed by atoms with Gasteiger partial charge in [0, 0.05) is 18.8 Å². The Hall–Kier alpha value is -3.08. The third kappa shape index (κ3) is 4.72. The highest BCUT2D eigenvalue weighted by atomic mass is 16.5. The van der Waals surface area contributed by atoms with Gasteiger partial charge in [-0.05, 0) is 48.7 Å². The van der Waals surface area contributed by atoms with Gasteiger partial charge in [-0.15, -0.1) is 0 Å². The van der Waals surface area contributed by atoms with Crippen LogP contribution >= 0.6 is 0 Å². The predicted molar refractivity (Wildman–Crippen MR) is 99.3 cm³/mol. The molecule has 5 nitrogen and oxygen atoms in total. The third-order valence-corrected chi connectivity index (χ3v) is 3.98. The minimum Gasteiger partial charge on any atom is -0.494 e. The van der Waals surface area contributed by atoms with E-state index in [1.165, 1.54) is 0 Å². The molecule has 1 heterocycles. The maximum Gasteiger partial charge on any atom is 0.306 e. The lowest BCUT2D eigenvalue weighted by Gasteiger charge is -2.10. The Morgan fingerprint density at radius 2 is 1.88 bits per heavy atom. The molecule has 0 spiro atoms. The van der Waals surface area contributed by atoms with Gasteiger partial charge in [-0.3, -0.25) is 4.79 Å². The summed E-state index contributed by atoms with van der Waals surface area (Å²) in [5.41, 5.74) is 2.94. The number of aryl methyl sites for hydroxylation is 1. The van der Waals surface area contributed by atoms with Crippen molar-refractivity contribution in [3.05, 3.63) is 78.1 Å². The van der Waals surface area contributed by atoms with E-state index in [2.05, 4.69) is 5.10 Å². The Kier molecular flexibility index (Phi) is 6.04. The van der Waals surface area contributed by atoms with Gasteiger partial charge in [0.2, 0.25) is 0 Å². The molecule has 134 valence electrons. The van der Waals surface area contributed by atoms with Crippen LogP contribution in [0.5, 0.6) is 5.75 Å². The molecule has 0 bridgehead atoms. The van der Waals surface area contributed by atoms with Crippen LogP contribution in [0, 0.1) is 0 Å². The summed E-state index contributed by atoms with van der Waals surface area (Å²) in [6.45, 7) is 2.82. The molecule has 1 aromatic heterocycles. The van der Waals surface area contributed by atoms with Gasteiger partial charge < -0.3 is 9.47 Å². The van der Waals surface area contributed by atoms with Crippen molar-refractivity contribution in [2.75, 3.05) is 6.61 Å². The molecule has 0 fully saturated rings. The zero-order valence-electron chi connectivity index (χ0n) is 14.8. The first kappa shape index (κ1) is 17.7. The molecule has 0 aliphatic rings. The SMILES string of the molecule is CCOc1ccccc1CCC(=O)OCc1ccc(-n2cccn2)cc1. The quantitative estimate of drug-likeness (QED) is 0.577. The molecule has 0 radical (unpaired) electrons. The van der Waals surface area contributed by atoms with Crippen LogP contribution in [0.3, 0.4) is 0 Å². The lowest BCUT2D eigenvalue weighted by molar-refractivity contribution is -0.144. The average molecular weight is 350 g/mol. The Balaban J connectivity index is 1.48. The van der Waals surface area contributed by atoms with Crippen molar-refractivity contribution < 1.29 is 14.3 Å². The molecule has 26 heavy (non-hydrogen) atoms. The Labute approximate surface area is 153 Å². The van der Waals surface area contributed by atoms with Gasteiger partial charge in [0.1, 0.15) is 12.4 Å². The minimum absolute atomic E-state index is 0.215. The van der Waals surface area contributed by atoms with Crippen LogP contribution in [0.1, 0.15) is 24.5 Å². The van der Waals surface area contributed by atoms with Gasteiger partial charge in [-0.25, -0.2) is 4.68 Å². The lowest BCUT2D eigenvalue weighted by Crippen LogP contribution is -2.07. The maximum atomic E-state index is 12.0. The van der Waals surface area contributed by atoms with E-state index in [1.54, 1.807) is 10.9 Å². The normalized spacial score (nSPS) is 10.5. The van der Waals surface area contributed by atoms with Gasteiger partial charge >= 0.3 is 5.97 Å². The van der Waals surface area contributed by atoms with Crippen LogP contribution in [-0.2, 0) is 22.6 Å². The third-order valence-electron chi connectivity index (χ3n) is 3.98. The predicted octanol–water partition coefficient (Wildman–Crippen LogP) is 3.95. The number of aromatic nitrogens is 2. The number of hydrogen-bond acceptors (Lipinski definition) is 4. The molecular weight excluding hydrogens is 328 g/mol. The summed E-state index contributed by atoms with van der Waals surface area (Å²) in [5, 5.41) is 4.18. The zero-order chi connectivity index (χ0) is 18.2. The van der Waals surface area contributed by atoms with Gasteiger partial charge in [-0.2, -0.15) is 5.10 Å². The van der Waals surface area contributed by atoms with E-state index in [0.29, 0.717) is 19.4 Å². The van der Waals surface area contributed by atoms with Crippen LogP contribution in [-0.4, -0.2) is 22.4 Å². The summed E-state index contributed by atoms with van der Waals surface area (Å²) in [7, 11) is 0. The number of rotatable bonds is 8. The molecule has 0 aliphatic carbocycles. The minimum atomic E-state index is -0.215. The van der Waals surface area contributed by atoms with Crippen molar-refractivity contribution >= 4 is 5.97 Å². The van der Waals surface area contributed by atoms with Crippen LogP contribution in [0.15, 0.2) is 67.0 Å². The number of esters is 1. The number of carbonyl (C=O) groups is 1. The second kappa shape index (κ2) is 8.85. The summed E-state index contributed by atoms with van der Waals surface area (Å²) in [4.78, 5) is 12.0. The van der Waals surface area contributed by atoms with Gasteiger partial charge in [-0.1, -0.05) is 30.3 Å². The van der Waals surface area contributed by atoms with Crippen molar-refractivity contribution in [2.24, 2.45) is 0 Å². The van der Waals surface area contributed by atoms with Crippen LogP contribution in [0.2, 0.25) is 0 Å². The summed E-state index contributed by atoms with van der Waals surface area (Å²) in [5.74, 6) is 0.615. The molecule has 3 aromatic rings. The number of benzene rings is 2. The molecule has 5 heteroatoms. The first-order valence-corrected chi connectivity index (χ1v) is 8.71. The Bertz CT molecular complexity index is 827. The first-order valence-electron chi connectivity index (χ1n) is 8.71. The van der Waals surface area contributed by atoms with E-state index in [4.69, 9.17) is 9.47 Å². The fraction of sp³-hybridized carbons (Fsp3) is 0.238. The second-order valence-electron chi connectivity index (χ2n) is 5.82. The van der Waals surface area contributed by atoms with Crippen LogP contribution in [0.4, 0.5) is 0 Å². The van der Waals surface area contributed by atoms with Gasteiger partial charge in [0.05, 0.1) is 12.3 Å². The smallest absolute Gasteiger partial charge is 0.306 e. The molecular formula is C21H22N2O3. The number of nitrogens with zero attached hydrogens (tertiary/aromatic N) is 2. The molecule has 3 rings (SSSR count). The monoisotopic (exact) mass is 350 g/mol. The largest absolute Gasteiger partial charge is 0.494 e. The highest BCUT2D eigenvalue weighted by Crippen LogP contribution is 2.20. The fourth-order valence-corrected chi connectivity index (χ4v) is 2.65. The molecule has 0 amide bonds. The molecule has 0 atom stereocenters. The van der Waals surface area contributed by atoms with E-state index in [1.807, 2.05) is 67.7 Å². The van der Waals surface area contributed by atoms with E-state index in [9.17, 15) is 4.79 Å². The highest BCUT2D eigenvalue weighted by Gasteiger charge is 2.08. The molecule has 2 aromatic carbocycles. The number of carbonyl (C=O) groups excluding carboxylic acids is 1. The van der Waals surface area contributed by atoms with E-state index < -0.39 is 0 Å². The standard InChI is InChI=1S/C21H22N2O3/c1-2-25-20-7-4-3-6-18(20)10-13-21(24)26-16-17-8-11-19(12-9-17)23-15-5-14-22-23/h3-9,11-12,14-15H,2,10,13,16H2,1H3. The van der Waals surface area contributed by atoms with Crippen LogP contribution < -0.4 is 4.74 Å². The van der Waals surface area contributed by atoms with Crippen molar-refractivity contribution in [2.45, 2.75) is 26.4 Å². The highest BCUT2D eigenvalue weighted by molar-refractivity contribution is 5.69. The lowest BCUT2D eigenvalue weighted by atomic mass is 10.1. The second-order valence-corrected chi connectivity index (χ2v) is 5.82. The zero-order valence-corrected chi connectivity index (χ0v) is 14.8. The number of para-hydroxylation sites is 1. The van der Waals surface area contributed by atoms with Crippen LogP contribution in [0.25, 0.3) is 5.69 Å². The Morgan fingerprint density at radius 1 is 1.08 bits per heavy atom. The molecule has 0 aliphatic heterocycles. The van der Waals surface area contributed by atoms with Crippen molar-refractivity contribution in [1.82, 2.24) is 9.78 Å². The van der Waals surface area contributed by atoms with Gasteiger partial charge in [0.15, 0.2) is 0 Å². The summed E-state index contributed by atoms with van der Waals surface area (Å²) < 4.78 is 12.7. The van der Waals surface area contributed by atoms with Crippen molar-refractivity contribution in [1.29, 1.82) is 0 Å². The Morgan fingerprint density at radius 3 is 2.62 bits per heavy atom. The molecule has 0 saturated carbocycles. The molecule has 0 unspecified atom stereocenters. The molecule has 0 N–H and O–H groups in total. The topological polar surface area (TPSA) is 53.4 Å². The maximum absolute atomic E-state index is 12.0. The summed E-state index contributed by atoms with van der Waals surface area (Å²) in [6.07, 6.45) is 4.55. The van der Waals surface area contributed by atoms with E-state index in [-0.39, 0.29) is 12.6 Å². The van der Waals surface area contributed by atoms with Crippen molar-refractivity contribution in [3.63, 3.8) is 0 Å². The first-order chi connectivity index (χ1) is 12.8. The van der Waals surface area contributed by atoms with E-state index >= 15 is 0 Å². The molecule has 0 saturated heterocycles. The summed E-state index contributed by atoms with van der Waals surface area (Å²) >= 11 is 0. The number of hydrogen-bond donors (Lipinski definition) is 0. The fourth-order valence-electron chi connectivity index (χ4n) is 2.65. The average Bonchev–Trinajstić information content (AvgIpc) is 3.21. The summed E-state index contributed by atoms with van der Waals surface area (Å²) in [6, 6.07) is 17.4. The van der Waals surface area contributed by atoms with Crippen molar-refractivity contribution in [3.8, 4) is 11.4 Å². The van der Waals surface area contributed by atoms with E-state index in [0.717, 1.165) is 22.6 Å². The number of ether oxygens (including phenoxy) is 2. The van der Waals surface area contributed by atoms with Gasteiger partial charge in [0.25, 0.3) is 0 Å².